The summed E-state index contributed by atoms with van der Waals surface area (Å²) in [5.74, 6) is 0.825. The number of rotatable bonds is 6. The molecule has 0 spiro atoms. The van der Waals surface area contributed by atoms with Gasteiger partial charge in [-0.25, -0.2) is 0 Å². The van der Waals surface area contributed by atoms with Crippen LogP contribution in [0, 0.1) is 0 Å². The molecule has 0 amide bonds. The summed E-state index contributed by atoms with van der Waals surface area (Å²) in [4.78, 5) is 14.5. The van der Waals surface area contributed by atoms with Gasteiger partial charge >= 0.3 is 0 Å². The highest BCUT2D eigenvalue weighted by Crippen LogP contribution is 2.17. The number of ketones is 1. The molecule has 0 aromatic heterocycles. The first kappa shape index (κ1) is 18.0. The molecule has 1 aliphatic rings. The van der Waals surface area contributed by atoms with E-state index in [1.807, 2.05) is 60.7 Å². The fraction of sp³-hybridized carbons (Fsp3) is 0.227. The molecule has 0 aliphatic carbocycles. The molecule has 1 heterocycles. The lowest BCUT2D eigenvalue weighted by Gasteiger charge is -2.28. The summed E-state index contributed by atoms with van der Waals surface area (Å²) < 4.78 is 10.5. The Morgan fingerprint density at radius 2 is 1.69 bits per heavy atom. The molecule has 2 aromatic rings. The van der Waals surface area contributed by atoms with Crippen LogP contribution in [0.4, 0.5) is 5.69 Å². The lowest BCUT2D eigenvalue weighted by molar-refractivity contribution is 0.104. The van der Waals surface area contributed by atoms with Crippen LogP contribution in [0.3, 0.4) is 0 Å². The van der Waals surface area contributed by atoms with Gasteiger partial charge in [0.25, 0.3) is 0 Å². The van der Waals surface area contributed by atoms with Gasteiger partial charge in [-0.15, -0.1) is 0 Å². The minimum atomic E-state index is -0.00194. The van der Waals surface area contributed by atoms with E-state index in [0.29, 0.717) is 5.56 Å². The Morgan fingerprint density at radius 1 is 1.00 bits per heavy atom. The molecule has 0 unspecified atom stereocenters. The van der Waals surface area contributed by atoms with Crippen molar-refractivity contribution in [3.63, 3.8) is 0 Å². The zero-order valence-electron chi connectivity index (χ0n) is 14.9. The molecule has 0 saturated carbocycles. The first-order valence-electron chi connectivity index (χ1n) is 8.72. The van der Waals surface area contributed by atoms with Crippen molar-refractivity contribution in [2.75, 3.05) is 38.3 Å². The molecule has 26 heavy (non-hydrogen) atoms. The third-order valence-electron chi connectivity index (χ3n) is 4.29. The Balaban J connectivity index is 1.56. The number of morpholine rings is 1. The van der Waals surface area contributed by atoms with E-state index in [2.05, 4.69) is 4.90 Å². The molecule has 0 N–H and O–H groups in total. The number of hydrogen-bond acceptors (Lipinski definition) is 4. The van der Waals surface area contributed by atoms with Gasteiger partial charge in [0.2, 0.25) is 0 Å². The van der Waals surface area contributed by atoms with Crippen LogP contribution in [0.2, 0.25) is 0 Å². The van der Waals surface area contributed by atoms with Gasteiger partial charge in [-0.3, -0.25) is 4.79 Å². The second kappa shape index (κ2) is 9.02. The molecule has 0 radical (unpaired) electrons. The number of benzene rings is 2. The number of carbonyl (C=O) groups excluding carboxylic acids is 1. The van der Waals surface area contributed by atoms with Crippen molar-refractivity contribution in [2.45, 2.75) is 0 Å². The second-order valence-corrected chi connectivity index (χ2v) is 6.00. The maximum absolute atomic E-state index is 12.3. The predicted octanol–water partition coefficient (Wildman–Crippen LogP) is 3.98. The van der Waals surface area contributed by atoms with E-state index in [1.54, 1.807) is 19.3 Å². The fourth-order valence-corrected chi connectivity index (χ4v) is 2.78. The Hall–Kier alpha value is -2.85. The Morgan fingerprint density at radius 3 is 2.35 bits per heavy atom. The van der Waals surface area contributed by atoms with Gasteiger partial charge in [-0.2, -0.15) is 0 Å². The van der Waals surface area contributed by atoms with Crippen LogP contribution >= 0.6 is 0 Å². The van der Waals surface area contributed by atoms with Gasteiger partial charge in [0.1, 0.15) is 5.75 Å². The van der Waals surface area contributed by atoms with Crippen LogP contribution in [0.1, 0.15) is 15.9 Å². The normalized spacial score (nSPS) is 14.9. The lowest BCUT2D eigenvalue weighted by atomic mass is 10.1. The topological polar surface area (TPSA) is 38.8 Å². The second-order valence-electron chi connectivity index (χ2n) is 6.00. The van der Waals surface area contributed by atoms with Gasteiger partial charge in [0.15, 0.2) is 5.78 Å². The van der Waals surface area contributed by atoms with Crippen LogP contribution in [0.25, 0.3) is 6.08 Å². The Labute approximate surface area is 154 Å². The fourth-order valence-electron chi connectivity index (χ4n) is 2.78. The highest BCUT2D eigenvalue weighted by molar-refractivity contribution is 6.04. The maximum Gasteiger partial charge on any atom is 0.185 e. The summed E-state index contributed by atoms with van der Waals surface area (Å²) >= 11 is 0. The Bertz CT molecular complexity index is 770. The number of ether oxygens (including phenoxy) is 2. The Kier molecular flexibility index (Phi) is 6.23. The number of nitrogens with zero attached hydrogens (tertiary/aromatic N) is 1. The maximum atomic E-state index is 12.3. The van der Waals surface area contributed by atoms with Gasteiger partial charge in [0.05, 0.1) is 20.3 Å². The molecule has 2 aromatic carbocycles. The predicted molar refractivity (Wildman–Crippen MR) is 105 cm³/mol. The standard InChI is InChI=1S/C22H23NO3/c1-25-21-12-6-18(7-13-21)4-2-3-5-22(24)19-8-10-20(11-9-19)23-14-16-26-17-15-23/h2-13H,14-17H2,1H3/b4-2+,5-3-. The molecule has 3 rings (SSSR count). The zero-order valence-corrected chi connectivity index (χ0v) is 14.9. The summed E-state index contributed by atoms with van der Waals surface area (Å²) in [5, 5.41) is 0. The molecule has 1 saturated heterocycles. The molecular weight excluding hydrogens is 326 g/mol. The molecule has 4 heteroatoms. The van der Waals surface area contributed by atoms with E-state index >= 15 is 0 Å². The first-order valence-corrected chi connectivity index (χ1v) is 8.72. The van der Waals surface area contributed by atoms with Crippen molar-refractivity contribution < 1.29 is 14.3 Å². The van der Waals surface area contributed by atoms with Crippen LogP contribution in [-0.4, -0.2) is 39.2 Å². The SMILES string of the molecule is COc1ccc(/C=C/C=C\C(=O)c2ccc(N3CCOCC3)cc2)cc1. The first-order chi connectivity index (χ1) is 12.8. The largest absolute Gasteiger partial charge is 0.497 e. The molecule has 0 atom stereocenters. The number of anilines is 1. The molecule has 134 valence electrons. The van der Waals surface area contributed by atoms with Crippen LogP contribution in [0.5, 0.6) is 5.75 Å². The number of hydrogen-bond donors (Lipinski definition) is 0. The highest BCUT2D eigenvalue weighted by Gasteiger charge is 2.11. The average Bonchev–Trinajstić information content (AvgIpc) is 2.72. The molecule has 0 bridgehead atoms. The van der Waals surface area contributed by atoms with E-state index < -0.39 is 0 Å². The highest BCUT2D eigenvalue weighted by atomic mass is 16.5. The molecule has 4 nitrogen and oxygen atoms in total. The van der Waals surface area contributed by atoms with Gasteiger partial charge in [-0.05, 0) is 48.0 Å². The third-order valence-corrected chi connectivity index (χ3v) is 4.29. The van der Waals surface area contributed by atoms with Gasteiger partial charge < -0.3 is 14.4 Å². The number of carbonyl (C=O) groups is 1. The van der Waals surface area contributed by atoms with Crippen LogP contribution in [-0.2, 0) is 4.74 Å². The van der Waals surface area contributed by atoms with Crippen molar-refractivity contribution in [3.8, 4) is 5.75 Å². The van der Waals surface area contributed by atoms with Crippen molar-refractivity contribution in [1.82, 2.24) is 0 Å². The van der Waals surface area contributed by atoms with Gasteiger partial charge in [0, 0.05) is 24.3 Å². The lowest BCUT2D eigenvalue weighted by Crippen LogP contribution is -2.36. The smallest absolute Gasteiger partial charge is 0.185 e. The van der Waals surface area contributed by atoms with Crippen molar-refractivity contribution in [3.05, 3.63) is 77.9 Å². The van der Waals surface area contributed by atoms with Crippen LogP contribution < -0.4 is 9.64 Å². The molecule has 1 fully saturated rings. The van der Waals surface area contributed by atoms with Gasteiger partial charge in [-0.1, -0.05) is 30.4 Å². The molecule has 1 aliphatic heterocycles. The van der Waals surface area contributed by atoms with Crippen molar-refractivity contribution in [2.24, 2.45) is 0 Å². The number of methoxy groups -OCH3 is 1. The third kappa shape index (κ3) is 4.83. The summed E-state index contributed by atoms with van der Waals surface area (Å²) in [6.07, 6.45) is 7.17. The minimum absolute atomic E-state index is 0.00194. The zero-order chi connectivity index (χ0) is 18.2. The van der Waals surface area contributed by atoms with E-state index in [4.69, 9.17) is 9.47 Å². The minimum Gasteiger partial charge on any atom is -0.497 e. The van der Waals surface area contributed by atoms with Crippen LogP contribution in [0.15, 0.2) is 66.8 Å². The van der Waals surface area contributed by atoms with E-state index in [-0.39, 0.29) is 5.78 Å². The summed E-state index contributed by atoms with van der Waals surface area (Å²) in [5.41, 5.74) is 2.88. The van der Waals surface area contributed by atoms with E-state index in [0.717, 1.165) is 43.3 Å². The van der Waals surface area contributed by atoms with Crippen molar-refractivity contribution in [1.29, 1.82) is 0 Å². The number of allylic oxidation sites excluding steroid dienone is 3. The summed E-state index contributed by atoms with van der Waals surface area (Å²) in [6.45, 7) is 3.29. The average molecular weight is 349 g/mol. The van der Waals surface area contributed by atoms with E-state index in [1.165, 1.54) is 0 Å². The monoisotopic (exact) mass is 349 g/mol. The summed E-state index contributed by atoms with van der Waals surface area (Å²) in [6, 6.07) is 15.5. The van der Waals surface area contributed by atoms with E-state index in [9.17, 15) is 4.79 Å². The summed E-state index contributed by atoms with van der Waals surface area (Å²) in [7, 11) is 1.65. The van der Waals surface area contributed by atoms with Crippen molar-refractivity contribution >= 4 is 17.5 Å². The molecular formula is C22H23NO3. The quantitative estimate of drug-likeness (QED) is 0.449.